The Kier molecular flexibility index (Phi) is 4.62. The molecule has 1 aromatic heterocycles. The van der Waals surface area contributed by atoms with Crippen LogP contribution in [-0.4, -0.2) is 10.9 Å². The molecule has 0 saturated heterocycles. The van der Waals surface area contributed by atoms with Crippen LogP contribution >= 0.6 is 0 Å². The van der Waals surface area contributed by atoms with Gasteiger partial charge in [0.05, 0.1) is 6.07 Å². The zero-order valence-corrected chi connectivity index (χ0v) is 13.7. The van der Waals surface area contributed by atoms with E-state index in [1.807, 2.05) is 24.3 Å². The summed E-state index contributed by atoms with van der Waals surface area (Å²) in [5.41, 5.74) is 2.37. The summed E-state index contributed by atoms with van der Waals surface area (Å²) in [6.07, 6.45) is 0.0706. The Balaban J connectivity index is 1.90. The highest BCUT2D eigenvalue weighted by molar-refractivity contribution is 5.94. The molecule has 3 rings (SSSR count). The largest absolute Gasteiger partial charge is 0.358 e. The van der Waals surface area contributed by atoms with Gasteiger partial charge in [-0.1, -0.05) is 30.3 Å². The van der Waals surface area contributed by atoms with Crippen molar-refractivity contribution >= 4 is 22.5 Å². The van der Waals surface area contributed by atoms with E-state index >= 15 is 0 Å². The summed E-state index contributed by atoms with van der Waals surface area (Å²) in [4.78, 5) is 28.3. The number of nitrogens with one attached hydrogen (secondary N) is 2. The average Bonchev–Trinajstić information content (AvgIpc) is 2.62. The number of fused-ring (bicyclic) bond motifs is 1. The highest BCUT2D eigenvalue weighted by Crippen LogP contribution is 2.15. The number of benzene rings is 2. The summed E-state index contributed by atoms with van der Waals surface area (Å²) >= 11 is 0. The molecule has 0 radical (unpaired) electrons. The van der Waals surface area contributed by atoms with Crippen LogP contribution in [0.2, 0.25) is 0 Å². The normalized spacial score (nSPS) is 11.7. The molecule has 3 aromatic rings. The van der Waals surface area contributed by atoms with Crippen LogP contribution < -0.4 is 10.7 Å². The molecule has 0 spiro atoms. The van der Waals surface area contributed by atoms with Crippen molar-refractivity contribution in [2.75, 3.05) is 5.32 Å². The molecule has 0 aliphatic rings. The van der Waals surface area contributed by atoms with Crippen LogP contribution in [-0.2, 0) is 11.2 Å². The van der Waals surface area contributed by atoms with E-state index in [4.69, 9.17) is 0 Å². The molecule has 124 valence electrons. The van der Waals surface area contributed by atoms with E-state index in [2.05, 4.69) is 10.3 Å². The number of pyridine rings is 1. The van der Waals surface area contributed by atoms with Crippen molar-refractivity contribution in [3.63, 3.8) is 0 Å². The molecule has 5 heteroatoms. The van der Waals surface area contributed by atoms with Crippen LogP contribution in [0.5, 0.6) is 0 Å². The molecule has 1 atom stereocenters. The minimum absolute atomic E-state index is 0.0706. The summed E-state index contributed by atoms with van der Waals surface area (Å²) in [7, 11) is 0. The monoisotopic (exact) mass is 331 g/mol. The van der Waals surface area contributed by atoms with Crippen molar-refractivity contribution in [1.82, 2.24) is 4.98 Å². The summed E-state index contributed by atoms with van der Waals surface area (Å²) in [5.74, 6) is -1.36. The lowest BCUT2D eigenvalue weighted by Crippen LogP contribution is -2.26. The Hall–Kier alpha value is -3.39. The molecule has 5 nitrogen and oxygen atoms in total. The predicted octanol–water partition coefficient (Wildman–Crippen LogP) is 3.16. The number of nitrogens with zero attached hydrogens (tertiary/aromatic N) is 1. The van der Waals surface area contributed by atoms with Crippen LogP contribution in [0, 0.1) is 24.2 Å². The third-order valence-electron chi connectivity index (χ3n) is 4.14. The molecule has 0 bridgehead atoms. The zero-order chi connectivity index (χ0) is 17.8. The van der Waals surface area contributed by atoms with Gasteiger partial charge in [0, 0.05) is 34.3 Å². The number of nitriles is 1. The SMILES string of the molecule is Cc1[nH]c2ccccc2c(=O)c1C[C@H](C#N)C(=O)Nc1ccccc1. The molecule has 2 N–H and O–H groups in total. The van der Waals surface area contributed by atoms with Gasteiger partial charge in [0.2, 0.25) is 5.91 Å². The van der Waals surface area contributed by atoms with Gasteiger partial charge in [-0.05, 0) is 31.2 Å². The number of anilines is 1. The quantitative estimate of drug-likeness (QED) is 0.770. The number of hydrogen-bond acceptors (Lipinski definition) is 3. The van der Waals surface area contributed by atoms with Crippen LogP contribution in [0.1, 0.15) is 11.3 Å². The second kappa shape index (κ2) is 7.02. The van der Waals surface area contributed by atoms with E-state index in [-0.39, 0.29) is 11.8 Å². The minimum Gasteiger partial charge on any atom is -0.358 e. The predicted molar refractivity (Wildman–Crippen MR) is 97.2 cm³/mol. The van der Waals surface area contributed by atoms with Crippen LogP contribution in [0.25, 0.3) is 10.9 Å². The highest BCUT2D eigenvalue weighted by atomic mass is 16.2. The van der Waals surface area contributed by atoms with Gasteiger partial charge in [-0.15, -0.1) is 0 Å². The number of aromatic nitrogens is 1. The van der Waals surface area contributed by atoms with Gasteiger partial charge in [0.1, 0.15) is 5.92 Å². The van der Waals surface area contributed by atoms with Crippen molar-refractivity contribution in [3.8, 4) is 6.07 Å². The fourth-order valence-corrected chi connectivity index (χ4v) is 2.80. The Morgan fingerprint density at radius 3 is 2.56 bits per heavy atom. The van der Waals surface area contributed by atoms with Gasteiger partial charge in [-0.25, -0.2) is 0 Å². The first-order chi connectivity index (χ1) is 12.1. The molecular formula is C20H17N3O2. The maximum Gasteiger partial charge on any atom is 0.242 e. The number of hydrogen-bond donors (Lipinski definition) is 2. The van der Waals surface area contributed by atoms with Gasteiger partial charge in [0.25, 0.3) is 0 Å². The van der Waals surface area contributed by atoms with E-state index in [0.29, 0.717) is 22.3 Å². The Bertz CT molecular complexity index is 1020. The average molecular weight is 331 g/mol. The molecule has 0 unspecified atom stereocenters. The number of aromatic amines is 1. The van der Waals surface area contributed by atoms with E-state index in [9.17, 15) is 14.9 Å². The number of carbonyl (C=O) groups excluding carboxylic acids is 1. The topological polar surface area (TPSA) is 85.8 Å². The third kappa shape index (κ3) is 3.43. The lowest BCUT2D eigenvalue weighted by Gasteiger charge is -2.12. The maximum atomic E-state index is 12.7. The van der Waals surface area contributed by atoms with Crippen LogP contribution in [0.4, 0.5) is 5.69 Å². The lowest BCUT2D eigenvalue weighted by molar-refractivity contribution is -0.118. The Morgan fingerprint density at radius 2 is 1.84 bits per heavy atom. The first-order valence-electron chi connectivity index (χ1n) is 7.96. The standard InChI is InChI=1S/C20H17N3O2/c1-13-17(19(24)16-9-5-6-10-18(16)22-13)11-14(12-21)20(25)23-15-7-3-2-4-8-15/h2-10,14H,11H2,1H3,(H,22,24)(H,23,25)/t14-/m1/s1. The molecule has 0 fully saturated rings. The highest BCUT2D eigenvalue weighted by Gasteiger charge is 2.22. The second-order valence-corrected chi connectivity index (χ2v) is 5.84. The summed E-state index contributed by atoms with van der Waals surface area (Å²) in [5, 5.41) is 12.7. The Morgan fingerprint density at radius 1 is 1.16 bits per heavy atom. The number of carbonyl (C=O) groups is 1. The van der Waals surface area contributed by atoms with E-state index in [0.717, 1.165) is 5.52 Å². The third-order valence-corrected chi connectivity index (χ3v) is 4.14. The van der Waals surface area contributed by atoms with Crippen molar-refractivity contribution < 1.29 is 4.79 Å². The molecule has 0 aliphatic heterocycles. The molecule has 2 aromatic carbocycles. The Labute approximate surface area is 144 Å². The number of rotatable bonds is 4. The first-order valence-corrected chi connectivity index (χ1v) is 7.96. The van der Waals surface area contributed by atoms with Crippen LogP contribution in [0.15, 0.2) is 59.4 Å². The summed E-state index contributed by atoms with van der Waals surface area (Å²) < 4.78 is 0. The number of para-hydroxylation sites is 2. The number of amides is 1. The number of aryl methyl sites for hydroxylation is 1. The molecule has 1 amide bonds. The van der Waals surface area contributed by atoms with E-state index in [1.165, 1.54) is 0 Å². The van der Waals surface area contributed by atoms with Crippen molar-refractivity contribution in [2.45, 2.75) is 13.3 Å². The van der Waals surface area contributed by atoms with E-state index in [1.54, 1.807) is 43.3 Å². The summed E-state index contributed by atoms with van der Waals surface area (Å²) in [6, 6.07) is 18.2. The smallest absolute Gasteiger partial charge is 0.242 e. The summed E-state index contributed by atoms with van der Waals surface area (Å²) in [6.45, 7) is 1.78. The fraction of sp³-hybridized carbons (Fsp3) is 0.150. The molecule has 0 saturated carbocycles. The van der Waals surface area contributed by atoms with Gasteiger partial charge in [0.15, 0.2) is 5.43 Å². The van der Waals surface area contributed by atoms with Crippen molar-refractivity contribution in [3.05, 3.63) is 76.1 Å². The molecule has 25 heavy (non-hydrogen) atoms. The maximum absolute atomic E-state index is 12.7. The fourth-order valence-electron chi connectivity index (χ4n) is 2.80. The first kappa shape index (κ1) is 16.5. The molecule has 0 aliphatic carbocycles. The van der Waals surface area contributed by atoms with Crippen molar-refractivity contribution in [1.29, 1.82) is 5.26 Å². The van der Waals surface area contributed by atoms with Gasteiger partial charge < -0.3 is 10.3 Å². The second-order valence-electron chi connectivity index (χ2n) is 5.84. The number of H-pyrrole nitrogens is 1. The van der Waals surface area contributed by atoms with Gasteiger partial charge >= 0.3 is 0 Å². The molecular weight excluding hydrogens is 314 g/mol. The van der Waals surface area contributed by atoms with Crippen LogP contribution in [0.3, 0.4) is 0 Å². The minimum atomic E-state index is -0.943. The zero-order valence-electron chi connectivity index (χ0n) is 13.7. The van der Waals surface area contributed by atoms with Gasteiger partial charge in [-0.2, -0.15) is 5.26 Å². The van der Waals surface area contributed by atoms with Crippen molar-refractivity contribution in [2.24, 2.45) is 5.92 Å². The van der Waals surface area contributed by atoms with E-state index < -0.39 is 11.8 Å². The molecule has 1 heterocycles. The lowest BCUT2D eigenvalue weighted by atomic mass is 9.97. The van der Waals surface area contributed by atoms with Gasteiger partial charge in [-0.3, -0.25) is 9.59 Å².